The first kappa shape index (κ1) is 29.2. The van der Waals surface area contributed by atoms with Crippen LogP contribution in [-0.2, 0) is 9.59 Å². The molecule has 1 fully saturated rings. The summed E-state index contributed by atoms with van der Waals surface area (Å²) in [5, 5.41) is 11.5. The molecule has 0 aromatic heterocycles. The van der Waals surface area contributed by atoms with Crippen LogP contribution in [0.25, 0.3) is 5.76 Å². The highest BCUT2D eigenvalue weighted by Gasteiger charge is 2.46. The van der Waals surface area contributed by atoms with Crippen molar-refractivity contribution in [1.82, 2.24) is 9.80 Å². The molecule has 0 spiro atoms. The normalized spacial score (nSPS) is 16.9. The Morgan fingerprint density at radius 1 is 0.921 bits per heavy atom. The highest BCUT2D eigenvalue weighted by Crippen LogP contribution is 2.40. The number of ketones is 1. The molecule has 1 saturated heterocycles. The van der Waals surface area contributed by atoms with E-state index in [1.54, 1.807) is 17.0 Å². The quantitative estimate of drug-likeness (QED) is 0.148. The molecule has 1 aliphatic heterocycles. The number of hydrogen-bond donors (Lipinski definition) is 1. The van der Waals surface area contributed by atoms with Crippen molar-refractivity contribution < 1.29 is 24.2 Å². The van der Waals surface area contributed by atoms with Gasteiger partial charge in [-0.15, -0.1) is 0 Å². The van der Waals surface area contributed by atoms with E-state index in [1.807, 2.05) is 44.2 Å². The average Bonchev–Trinajstić information content (AvgIpc) is 3.17. The van der Waals surface area contributed by atoms with Crippen LogP contribution in [-0.4, -0.2) is 66.0 Å². The van der Waals surface area contributed by atoms with E-state index in [0.717, 1.165) is 49.2 Å². The molecule has 7 nitrogen and oxygen atoms in total. The number of likely N-dealkylation sites (tertiary alicyclic amines) is 1. The van der Waals surface area contributed by atoms with Crippen molar-refractivity contribution in [2.24, 2.45) is 0 Å². The summed E-state index contributed by atoms with van der Waals surface area (Å²) < 4.78 is 11.5. The third kappa shape index (κ3) is 6.76. The van der Waals surface area contributed by atoms with Crippen molar-refractivity contribution in [3.8, 4) is 11.5 Å². The minimum atomic E-state index is -0.689. The van der Waals surface area contributed by atoms with Crippen LogP contribution >= 0.6 is 0 Å². The number of nitrogens with zero attached hydrogens (tertiary/aromatic N) is 2. The summed E-state index contributed by atoms with van der Waals surface area (Å²) >= 11 is 0. The fourth-order valence-electron chi connectivity index (χ4n) is 4.68. The first-order valence-corrected chi connectivity index (χ1v) is 13.8. The molecule has 1 N–H and O–H groups in total. The summed E-state index contributed by atoms with van der Waals surface area (Å²) in [6.07, 6.45) is 2.90. The molecule has 0 saturated carbocycles. The maximum atomic E-state index is 13.4. The van der Waals surface area contributed by atoms with Crippen LogP contribution in [0.2, 0.25) is 0 Å². The molecule has 1 atom stereocenters. The lowest BCUT2D eigenvalue weighted by Gasteiger charge is -2.28. The van der Waals surface area contributed by atoms with E-state index in [2.05, 4.69) is 25.7 Å². The zero-order chi connectivity index (χ0) is 27.7. The first-order chi connectivity index (χ1) is 18.4. The Labute approximate surface area is 227 Å². The summed E-state index contributed by atoms with van der Waals surface area (Å²) in [5.74, 6) is 0.0208. The molecule has 0 radical (unpaired) electrons. The molecule has 3 rings (SSSR count). The van der Waals surface area contributed by atoms with Crippen LogP contribution in [0, 0.1) is 6.92 Å². The van der Waals surface area contributed by atoms with Gasteiger partial charge in [-0.1, -0.05) is 46.2 Å². The van der Waals surface area contributed by atoms with Crippen LogP contribution in [0.1, 0.15) is 69.7 Å². The predicted octanol–water partition coefficient (Wildman–Crippen LogP) is 5.73. The number of amides is 1. The maximum Gasteiger partial charge on any atom is 0.295 e. The Hall–Kier alpha value is -3.32. The Morgan fingerprint density at radius 3 is 2.18 bits per heavy atom. The second-order valence-electron chi connectivity index (χ2n) is 9.62. The average molecular weight is 523 g/mol. The van der Waals surface area contributed by atoms with Crippen LogP contribution in [0.15, 0.2) is 48.0 Å². The summed E-state index contributed by atoms with van der Waals surface area (Å²) in [4.78, 5) is 30.5. The molecule has 2 aromatic rings. The Balaban J connectivity index is 2.03. The van der Waals surface area contributed by atoms with Gasteiger partial charge in [0.25, 0.3) is 11.7 Å². The van der Waals surface area contributed by atoms with E-state index in [9.17, 15) is 14.7 Å². The molecular formula is C31H42N2O5. The maximum absolute atomic E-state index is 13.4. The van der Waals surface area contributed by atoms with E-state index in [1.165, 1.54) is 0 Å². The predicted molar refractivity (Wildman–Crippen MR) is 151 cm³/mol. The van der Waals surface area contributed by atoms with Gasteiger partial charge >= 0.3 is 0 Å². The third-order valence-electron chi connectivity index (χ3n) is 6.98. The van der Waals surface area contributed by atoms with Crippen molar-refractivity contribution >= 4 is 17.4 Å². The number of ether oxygens (including phenoxy) is 2. The van der Waals surface area contributed by atoms with Gasteiger partial charge in [0.1, 0.15) is 17.3 Å². The van der Waals surface area contributed by atoms with Gasteiger partial charge in [-0.2, -0.15) is 0 Å². The van der Waals surface area contributed by atoms with Gasteiger partial charge in [-0.25, -0.2) is 0 Å². The fraction of sp³-hybridized carbons (Fsp3) is 0.484. The highest BCUT2D eigenvalue weighted by atomic mass is 16.5. The summed E-state index contributed by atoms with van der Waals surface area (Å²) in [7, 11) is 0. The van der Waals surface area contributed by atoms with E-state index in [4.69, 9.17) is 9.47 Å². The number of carbonyl (C=O) groups is 2. The van der Waals surface area contributed by atoms with E-state index in [-0.39, 0.29) is 11.3 Å². The molecule has 1 amide bonds. The monoisotopic (exact) mass is 522 g/mol. The van der Waals surface area contributed by atoms with Crippen molar-refractivity contribution in [2.75, 3.05) is 39.4 Å². The minimum Gasteiger partial charge on any atom is -0.507 e. The number of hydrogen-bond acceptors (Lipinski definition) is 6. The van der Waals surface area contributed by atoms with Crippen molar-refractivity contribution in [3.05, 3.63) is 64.7 Å². The molecule has 0 bridgehead atoms. The Morgan fingerprint density at radius 2 is 1.58 bits per heavy atom. The van der Waals surface area contributed by atoms with Gasteiger partial charge in [0.05, 0.1) is 24.8 Å². The van der Waals surface area contributed by atoms with Crippen LogP contribution in [0.5, 0.6) is 11.5 Å². The summed E-state index contributed by atoms with van der Waals surface area (Å²) in [6.45, 7) is 14.1. The largest absolute Gasteiger partial charge is 0.507 e. The van der Waals surface area contributed by atoms with Crippen LogP contribution in [0.4, 0.5) is 0 Å². The van der Waals surface area contributed by atoms with Crippen molar-refractivity contribution in [1.29, 1.82) is 0 Å². The number of benzene rings is 2. The summed E-state index contributed by atoms with van der Waals surface area (Å²) in [6, 6.07) is 12.2. The zero-order valence-electron chi connectivity index (χ0n) is 23.5. The lowest BCUT2D eigenvalue weighted by molar-refractivity contribution is -0.140. The number of carbonyl (C=O) groups excluding carboxylic acids is 2. The number of likely N-dealkylation sites (N-methyl/N-ethyl adjacent to an activating group) is 1. The third-order valence-corrected chi connectivity index (χ3v) is 6.98. The van der Waals surface area contributed by atoms with Gasteiger partial charge in [0.2, 0.25) is 0 Å². The molecule has 1 aliphatic rings. The molecule has 38 heavy (non-hydrogen) atoms. The molecule has 1 unspecified atom stereocenters. The van der Waals surface area contributed by atoms with Gasteiger partial charge in [0.15, 0.2) is 0 Å². The number of aliphatic hydroxyl groups excluding tert-OH is 1. The van der Waals surface area contributed by atoms with Gasteiger partial charge < -0.3 is 24.4 Å². The number of Topliss-reactive ketones (excluding diaryl/α,β-unsaturated/α-hetero) is 1. The first-order valence-electron chi connectivity index (χ1n) is 13.8. The number of aryl methyl sites for hydroxylation is 1. The van der Waals surface area contributed by atoms with Crippen molar-refractivity contribution in [2.45, 2.75) is 59.9 Å². The van der Waals surface area contributed by atoms with Gasteiger partial charge in [0, 0.05) is 18.7 Å². The van der Waals surface area contributed by atoms with E-state index in [0.29, 0.717) is 37.6 Å². The lowest BCUT2D eigenvalue weighted by Crippen LogP contribution is -2.38. The second-order valence-corrected chi connectivity index (χ2v) is 9.62. The molecular weight excluding hydrogens is 480 g/mol. The molecule has 7 heteroatoms. The van der Waals surface area contributed by atoms with Crippen molar-refractivity contribution in [3.63, 3.8) is 0 Å². The van der Waals surface area contributed by atoms with E-state index < -0.39 is 17.7 Å². The van der Waals surface area contributed by atoms with Crippen LogP contribution < -0.4 is 9.47 Å². The summed E-state index contributed by atoms with van der Waals surface area (Å²) in [5.41, 5.74) is 2.15. The fourth-order valence-corrected chi connectivity index (χ4v) is 4.68. The molecule has 1 heterocycles. The topological polar surface area (TPSA) is 79.3 Å². The number of aliphatic hydroxyl groups is 1. The Kier molecular flexibility index (Phi) is 10.8. The van der Waals surface area contributed by atoms with Gasteiger partial charge in [-0.05, 0) is 74.3 Å². The minimum absolute atomic E-state index is 0.111. The van der Waals surface area contributed by atoms with Crippen LogP contribution in [0.3, 0.4) is 0 Å². The SMILES string of the molecule is CCCCOc1ccc(/C(O)=C2\C(=O)C(=O)N(CCN(CC)CC)C2c2ccc(OCCC)cc2)c(C)c1. The lowest BCUT2D eigenvalue weighted by atomic mass is 9.94. The molecule has 2 aromatic carbocycles. The van der Waals surface area contributed by atoms with E-state index >= 15 is 0 Å². The molecule has 206 valence electrons. The Bertz CT molecular complexity index is 1120. The zero-order valence-corrected chi connectivity index (χ0v) is 23.5. The number of unbranched alkanes of at least 4 members (excludes halogenated alkanes) is 1. The number of rotatable bonds is 14. The molecule has 0 aliphatic carbocycles. The smallest absolute Gasteiger partial charge is 0.295 e. The highest BCUT2D eigenvalue weighted by molar-refractivity contribution is 6.46. The second kappa shape index (κ2) is 14.0. The van der Waals surface area contributed by atoms with Gasteiger partial charge in [-0.3, -0.25) is 9.59 Å². The standard InChI is InChI=1S/C31H42N2O5/c1-6-10-20-38-25-15-16-26(22(5)21-25)29(34)27-28(23-11-13-24(14-12-23)37-19-7-2)33(31(36)30(27)35)18-17-32(8-3)9-4/h11-16,21,28,34H,6-10,17-20H2,1-5H3/b29-27+.